The molecule has 0 saturated carbocycles. The van der Waals surface area contributed by atoms with E-state index in [4.69, 9.17) is 4.52 Å². The predicted molar refractivity (Wildman–Crippen MR) is 71.9 cm³/mol. The molecule has 2 aromatic rings. The van der Waals surface area contributed by atoms with Crippen molar-refractivity contribution in [2.75, 3.05) is 13.1 Å². The Hall–Kier alpha value is -1.46. The third-order valence-corrected chi connectivity index (χ3v) is 3.27. The van der Waals surface area contributed by atoms with Crippen LogP contribution in [-0.4, -0.2) is 23.2 Å². The maximum Gasteiger partial charge on any atom is 0.231 e. The van der Waals surface area contributed by atoms with E-state index in [0.29, 0.717) is 23.2 Å². The highest BCUT2D eigenvalue weighted by molar-refractivity contribution is 5.85. The molecule has 0 unspecified atom stereocenters. The maximum atomic E-state index is 13.2. The molecular weight excluding hydrogens is 269 g/mol. The van der Waals surface area contributed by atoms with Crippen molar-refractivity contribution < 1.29 is 8.91 Å². The number of aryl methyl sites for hydroxylation is 1. The number of nitrogens with one attached hydrogen (secondary N) is 1. The van der Waals surface area contributed by atoms with Crippen molar-refractivity contribution in [1.29, 1.82) is 0 Å². The summed E-state index contributed by atoms with van der Waals surface area (Å²) >= 11 is 0. The van der Waals surface area contributed by atoms with Crippen LogP contribution in [0.3, 0.4) is 0 Å². The topological polar surface area (TPSA) is 51.0 Å². The molecule has 0 amide bonds. The first-order valence-corrected chi connectivity index (χ1v) is 6.05. The van der Waals surface area contributed by atoms with Gasteiger partial charge in [0.25, 0.3) is 0 Å². The highest BCUT2D eigenvalue weighted by Gasteiger charge is 2.23. The minimum atomic E-state index is -0.220. The Morgan fingerprint density at radius 3 is 2.95 bits per heavy atom. The van der Waals surface area contributed by atoms with E-state index in [-0.39, 0.29) is 18.2 Å². The minimum absolute atomic E-state index is 0. The summed E-state index contributed by atoms with van der Waals surface area (Å²) in [5, 5.41) is 7.22. The largest absolute Gasteiger partial charge is 0.339 e. The lowest BCUT2D eigenvalue weighted by Gasteiger charge is -1.99. The molecule has 2 heterocycles. The van der Waals surface area contributed by atoms with Crippen LogP contribution < -0.4 is 5.32 Å². The molecule has 0 bridgehead atoms. The number of halogens is 2. The van der Waals surface area contributed by atoms with Crippen molar-refractivity contribution >= 4 is 12.4 Å². The molecule has 1 fully saturated rings. The van der Waals surface area contributed by atoms with Gasteiger partial charge in [0.2, 0.25) is 11.7 Å². The third kappa shape index (κ3) is 2.77. The molecule has 0 spiro atoms. The van der Waals surface area contributed by atoms with Gasteiger partial charge in [-0.25, -0.2) is 4.39 Å². The van der Waals surface area contributed by atoms with Crippen molar-refractivity contribution in [1.82, 2.24) is 15.5 Å². The van der Waals surface area contributed by atoms with E-state index in [1.54, 1.807) is 19.1 Å². The van der Waals surface area contributed by atoms with Gasteiger partial charge in [0.1, 0.15) is 5.82 Å². The molecule has 0 radical (unpaired) electrons. The van der Waals surface area contributed by atoms with Crippen LogP contribution in [0.4, 0.5) is 4.39 Å². The zero-order valence-corrected chi connectivity index (χ0v) is 11.3. The normalized spacial score (nSPS) is 18.3. The van der Waals surface area contributed by atoms with Crippen LogP contribution >= 0.6 is 12.4 Å². The quantitative estimate of drug-likeness (QED) is 0.921. The summed E-state index contributed by atoms with van der Waals surface area (Å²) in [6, 6.07) is 4.83. The molecule has 1 aromatic carbocycles. The van der Waals surface area contributed by atoms with E-state index in [1.807, 2.05) is 0 Å². The van der Waals surface area contributed by atoms with E-state index < -0.39 is 0 Å². The van der Waals surface area contributed by atoms with Crippen LogP contribution in [0.5, 0.6) is 0 Å². The Kier molecular flexibility index (Phi) is 4.17. The molecule has 19 heavy (non-hydrogen) atoms. The Bertz CT molecular complexity index is 567. The van der Waals surface area contributed by atoms with E-state index in [9.17, 15) is 4.39 Å². The van der Waals surface area contributed by atoms with Gasteiger partial charge in [-0.3, -0.25) is 0 Å². The molecule has 1 atom stereocenters. The summed E-state index contributed by atoms with van der Waals surface area (Å²) in [5.74, 6) is 1.27. The van der Waals surface area contributed by atoms with E-state index in [2.05, 4.69) is 15.5 Å². The number of hydrogen-bond acceptors (Lipinski definition) is 4. The molecule has 102 valence electrons. The maximum absolute atomic E-state index is 13.2. The average Bonchev–Trinajstić information content (AvgIpc) is 3.01. The van der Waals surface area contributed by atoms with Gasteiger partial charge < -0.3 is 9.84 Å². The first kappa shape index (κ1) is 14.0. The van der Waals surface area contributed by atoms with Crippen molar-refractivity contribution in [3.63, 3.8) is 0 Å². The number of benzene rings is 1. The monoisotopic (exact) mass is 283 g/mol. The van der Waals surface area contributed by atoms with Gasteiger partial charge in [0.05, 0.1) is 5.92 Å². The van der Waals surface area contributed by atoms with Crippen molar-refractivity contribution in [2.24, 2.45) is 0 Å². The Morgan fingerprint density at radius 1 is 1.42 bits per heavy atom. The van der Waals surface area contributed by atoms with Crippen molar-refractivity contribution in [3.05, 3.63) is 35.5 Å². The van der Waals surface area contributed by atoms with Crippen LogP contribution in [0.15, 0.2) is 22.7 Å². The summed E-state index contributed by atoms with van der Waals surface area (Å²) in [6.07, 6.45) is 1.02. The summed E-state index contributed by atoms with van der Waals surface area (Å²) in [7, 11) is 0. The van der Waals surface area contributed by atoms with E-state index in [0.717, 1.165) is 25.1 Å². The molecule has 6 heteroatoms. The fraction of sp³-hybridized carbons (Fsp3) is 0.385. The molecular formula is C13H15ClFN3O. The van der Waals surface area contributed by atoms with Crippen LogP contribution in [0, 0.1) is 12.7 Å². The lowest BCUT2D eigenvalue weighted by Crippen LogP contribution is -2.08. The second-order valence-corrected chi connectivity index (χ2v) is 4.61. The molecule has 1 aromatic heterocycles. The smallest absolute Gasteiger partial charge is 0.231 e. The molecule has 3 rings (SSSR count). The summed E-state index contributed by atoms with van der Waals surface area (Å²) in [6.45, 7) is 3.59. The van der Waals surface area contributed by atoms with Gasteiger partial charge in [0.15, 0.2) is 0 Å². The average molecular weight is 284 g/mol. The zero-order valence-electron chi connectivity index (χ0n) is 10.5. The highest BCUT2D eigenvalue weighted by Crippen LogP contribution is 2.24. The molecule has 1 aliphatic heterocycles. The molecule has 1 saturated heterocycles. The minimum Gasteiger partial charge on any atom is -0.339 e. The van der Waals surface area contributed by atoms with E-state index in [1.165, 1.54) is 6.07 Å². The SMILES string of the molecule is Cc1cc(-c2noc([C@@H]3CCNC3)n2)ccc1F.Cl. The highest BCUT2D eigenvalue weighted by atomic mass is 35.5. The third-order valence-electron chi connectivity index (χ3n) is 3.27. The Labute approximate surface area is 116 Å². The Balaban J connectivity index is 0.00000133. The zero-order chi connectivity index (χ0) is 12.5. The van der Waals surface area contributed by atoms with Gasteiger partial charge >= 0.3 is 0 Å². The summed E-state index contributed by atoms with van der Waals surface area (Å²) in [4.78, 5) is 4.39. The number of rotatable bonds is 2. The van der Waals surface area contributed by atoms with Gasteiger partial charge in [-0.1, -0.05) is 5.16 Å². The van der Waals surface area contributed by atoms with Crippen molar-refractivity contribution in [2.45, 2.75) is 19.3 Å². The van der Waals surface area contributed by atoms with Crippen LogP contribution in [0.25, 0.3) is 11.4 Å². The van der Waals surface area contributed by atoms with E-state index >= 15 is 0 Å². The van der Waals surface area contributed by atoms with Gasteiger partial charge in [-0.15, -0.1) is 12.4 Å². The van der Waals surface area contributed by atoms with Gasteiger partial charge in [-0.05, 0) is 43.7 Å². The summed E-state index contributed by atoms with van der Waals surface area (Å²) in [5.41, 5.74) is 1.37. The number of nitrogens with zero attached hydrogens (tertiary/aromatic N) is 2. The van der Waals surface area contributed by atoms with Crippen LogP contribution in [-0.2, 0) is 0 Å². The summed E-state index contributed by atoms with van der Waals surface area (Å²) < 4.78 is 18.5. The van der Waals surface area contributed by atoms with Crippen molar-refractivity contribution in [3.8, 4) is 11.4 Å². The molecule has 0 aliphatic carbocycles. The number of aromatic nitrogens is 2. The van der Waals surface area contributed by atoms with Crippen LogP contribution in [0.2, 0.25) is 0 Å². The van der Waals surface area contributed by atoms with Crippen LogP contribution in [0.1, 0.15) is 23.8 Å². The lowest BCUT2D eigenvalue weighted by atomic mass is 10.1. The number of hydrogen-bond donors (Lipinski definition) is 1. The van der Waals surface area contributed by atoms with Gasteiger partial charge in [0, 0.05) is 12.1 Å². The molecule has 1 N–H and O–H groups in total. The fourth-order valence-electron chi connectivity index (χ4n) is 2.17. The fourth-order valence-corrected chi connectivity index (χ4v) is 2.17. The molecule has 1 aliphatic rings. The standard InChI is InChI=1S/C13H14FN3O.ClH/c1-8-6-9(2-3-11(8)14)12-16-13(18-17-12)10-4-5-15-7-10;/h2-3,6,10,15H,4-5,7H2,1H3;1H/t10-;/m1./s1. The second-order valence-electron chi connectivity index (χ2n) is 4.61. The second kappa shape index (κ2) is 5.67. The molecule has 4 nitrogen and oxygen atoms in total. The Morgan fingerprint density at radius 2 is 2.26 bits per heavy atom. The lowest BCUT2D eigenvalue weighted by molar-refractivity contribution is 0.359. The predicted octanol–water partition coefficient (Wildman–Crippen LogP) is 2.68. The first-order valence-electron chi connectivity index (χ1n) is 6.05. The van der Waals surface area contributed by atoms with Gasteiger partial charge in [-0.2, -0.15) is 4.98 Å². The first-order chi connectivity index (χ1) is 8.74.